The monoisotopic (exact) mass is 614 g/mol. The summed E-state index contributed by atoms with van der Waals surface area (Å²) >= 11 is 2.64. The second-order valence-corrected chi connectivity index (χ2v) is 11.8. The minimum atomic E-state index is -0.772. The first-order valence-electron chi connectivity index (χ1n) is 13.7. The first-order chi connectivity index (χ1) is 20.8. The van der Waals surface area contributed by atoms with Crippen LogP contribution in [0.3, 0.4) is 0 Å². The van der Waals surface area contributed by atoms with Crippen LogP contribution in [0.15, 0.2) is 104 Å². The molecule has 9 nitrogen and oxygen atoms in total. The van der Waals surface area contributed by atoms with E-state index in [0.717, 1.165) is 9.79 Å². The zero-order valence-electron chi connectivity index (χ0n) is 24.1. The Kier molecular flexibility index (Phi) is 8.93. The van der Waals surface area contributed by atoms with Crippen molar-refractivity contribution in [1.82, 2.24) is 9.47 Å². The third kappa shape index (κ3) is 5.91. The van der Waals surface area contributed by atoms with E-state index >= 15 is 0 Å². The fourth-order valence-corrected chi connectivity index (χ4v) is 7.03. The predicted octanol–water partition coefficient (Wildman–Crippen LogP) is 5.17. The average molecular weight is 615 g/mol. The van der Waals surface area contributed by atoms with E-state index in [9.17, 15) is 19.7 Å². The molecule has 0 radical (unpaired) electrons. The zero-order chi connectivity index (χ0) is 30.7. The molecule has 0 unspecified atom stereocenters. The Labute approximate surface area is 256 Å². The lowest BCUT2D eigenvalue weighted by Gasteiger charge is -2.29. The zero-order valence-corrected chi connectivity index (χ0v) is 25.8. The number of aromatic nitrogens is 1. The van der Waals surface area contributed by atoms with Crippen molar-refractivity contribution in [2.24, 2.45) is 4.99 Å². The number of allylic oxidation sites excluding steroid dienone is 1. The number of nitro groups is 1. The molecule has 1 aliphatic heterocycles. The van der Waals surface area contributed by atoms with Gasteiger partial charge in [0, 0.05) is 40.6 Å². The Bertz CT molecular complexity index is 1910. The van der Waals surface area contributed by atoms with Gasteiger partial charge in [0.1, 0.15) is 11.8 Å². The van der Waals surface area contributed by atoms with Crippen LogP contribution >= 0.6 is 23.1 Å². The number of thiazole rings is 1. The third-order valence-electron chi connectivity index (χ3n) is 7.20. The van der Waals surface area contributed by atoms with Crippen molar-refractivity contribution in [3.8, 4) is 5.75 Å². The summed E-state index contributed by atoms with van der Waals surface area (Å²) in [4.78, 5) is 47.9. The first kappa shape index (κ1) is 30.0. The highest BCUT2D eigenvalue weighted by atomic mass is 32.2. The number of para-hydroxylation sites is 1. The lowest BCUT2D eigenvalue weighted by Crippen LogP contribution is -2.43. The molecule has 1 atom stereocenters. The van der Waals surface area contributed by atoms with Crippen LogP contribution in [0, 0.1) is 10.1 Å². The van der Waals surface area contributed by atoms with Gasteiger partial charge in [0.15, 0.2) is 4.80 Å². The number of nitrogens with zero attached hydrogens (tertiary/aromatic N) is 4. The molecule has 3 aromatic carbocycles. The Morgan fingerprint density at radius 2 is 1.81 bits per heavy atom. The Balaban J connectivity index is 1.74. The summed E-state index contributed by atoms with van der Waals surface area (Å²) in [5.41, 5.74) is 1.71. The lowest BCUT2D eigenvalue weighted by atomic mass is 9.94. The molecule has 0 aliphatic carbocycles. The van der Waals surface area contributed by atoms with Gasteiger partial charge >= 0.3 is 0 Å². The molecule has 0 bridgehead atoms. The topological polar surface area (TPSA) is 107 Å². The van der Waals surface area contributed by atoms with Crippen molar-refractivity contribution < 1.29 is 14.5 Å². The largest absolute Gasteiger partial charge is 0.496 e. The molecule has 11 heteroatoms. The van der Waals surface area contributed by atoms with Crippen molar-refractivity contribution in [1.29, 1.82) is 0 Å². The van der Waals surface area contributed by atoms with Gasteiger partial charge < -0.3 is 9.64 Å². The summed E-state index contributed by atoms with van der Waals surface area (Å²) in [7, 11) is 1.55. The fourth-order valence-electron chi connectivity index (χ4n) is 5.07. The maximum atomic E-state index is 14.2. The first-order valence-corrected chi connectivity index (χ1v) is 15.4. The van der Waals surface area contributed by atoms with Gasteiger partial charge in [0.25, 0.3) is 17.2 Å². The minimum Gasteiger partial charge on any atom is -0.496 e. The van der Waals surface area contributed by atoms with Crippen LogP contribution in [0.2, 0.25) is 0 Å². The van der Waals surface area contributed by atoms with Gasteiger partial charge in [0.05, 0.1) is 27.8 Å². The van der Waals surface area contributed by atoms with Crippen LogP contribution < -0.4 is 19.6 Å². The Morgan fingerprint density at radius 3 is 2.49 bits per heavy atom. The van der Waals surface area contributed by atoms with Crippen LogP contribution in [0.1, 0.15) is 37.9 Å². The summed E-state index contributed by atoms with van der Waals surface area (Å²) < 4.78 is 7.56. The molecule has 5 rings (SSSR count). The van der Waals surface area contributed by atoms with Gasteiger partial charge in [-0.3, -0.25) is 24.3 Å². The van der Waals surface area contributed by atoms with Crippen molar-refractivity contribution in [2.45, 2.75) is 36.6 Å². The minimum absolute atomic E-state index is 0.0775. The molecule has 220 valence electrons. The average Bonchev–Trinajstić information content (AvgIpc) is 3.31. The molecule has 0 saturated heterocycles. The summed E-state index contributed by atoms with van der Waals surface area (Å²) in [6.45, 7) is 6.61. The highest BCUT2D eigenvalue weighted by Gasteiger charge is 2.35. The number of carbonyl (C=O) groups is 1. The number of benzene rings is 3. The number of hydrogen-bond donors (Lipinski definition) is 0. The lowest BCUT2D eigenvalue weighted by molar-refractivity contribution is -0.384. The van der Waals surface area contributed by atoms with Crippen molar-refractivity contribution in [3.63, 3.8) is 0 Å². The number of hydrogen-bond acceptors (Lipinski definition) is 8. The smallest absolute Gasteiger partial charge is 0.271 e. The number of ether oxygens (including phenoxy) is 1. The van der Waals surface area contributed by atoms with E-state index in [2.05, 4.69) is 0 Å². The summed E-state index contributed by atoms with van der Waals surface area (Å²) in [5, 5.41) is 11.7. The van der Waals surface area contributed by atoms with Crippen LogP contribution in [0.5, 0.6) is 5.75 Å². The number of fused-ring (bicyclic) bond motifs is 1. The molecule has 0 N–H and O–H groups in total. The van der Waals surface area contributed by atoms with E-state index < -0.39 is 11.0 Å². The predicted molar refractivity (Wildman–Crippen MR) is 168 cm³/mol. The standard InChI is InChI=1S/C32H30N4O5S2/c1-5-34(6-2)31(38)28-20(3)33-32-35(29(28)24-14-10-11-15-25(24)41-4)30(37)27(43-32)19-21-18-22(36(39)40)16-17-26(21)42-23-12-8-7-9-13-23/h7-19,29H,5-6H2,1-4H3/b27-19-/t29-/m1/s1. The molecule has 1 aromatic heterocycles. The summed E-state index contributed by atoms with van der Waals surface area (Å²) in [6.07, 6.45) is 1.67. The molecule has 2 heterocycles. The number of non-ortho nitro benzene ring substituents is 1. The molecule has 43 heavy (non-hydrogen) atoms. The van der Waals surface area contributed by atoms with Gasteiger partial charge in [-0.1, -0.05) is 59.5 Å². The fraction of sp³-hybridized carbons (Fsp3) is 0.219. The molecular weight excluding hydrogens is 585 g/mol. The molecule has 1 aliphatic rings. The van der Waals surface area contributed by atoms with Crippen molar-refractivity contribution in [2.75, 3.05) is 20.2 Å². The number of rotatable bonds is 9. The SMILES string of the molecule is CCN(CC)C(=O)C1=C(C)N=c2s/c(=C\c3cc([N+](=O)[O-])ccc3Sc3ccccc3)c(=O)n2[C@@H]1c1ccccc1OC. The van der Waals surface area contributed by atoms with Gasteiger partial charge in [-0.2, -0.15) is 0 Å². The maximum Gasteiger partial charge on any atom is 0.271 e. The highest BCUT2D eigenvalue weighted by molar-refractivity contribution is 7.99. The molecule has 0 fully saturated rings. The third-order valence-corrected chi connectivity index (χ3v) is 9.28. The number of likely N-dealkylation sites (N-methyl/N-ethyl adjacent to an activating group) is 1. The normalized spacial score (nSPS) is 14.7. The van der Waals surface area contributed by atoms with Crippen LogP contribution in [0.4, 0.5) is 5.69 Å². The Hall–Kier alpha value is -4.48. The number of amides is 1. The van der Waals surface area contributed by atoms with Crippen LogP contribution in [-0.4, -0.2) is 40.5 Å². The van der Waals surface area contributed by atoms with Gasteiger partial charge in [-0.05, 0) is 56.7 Å². The number of nitro benzene ring substituents is 1. The van der Waals surface area contributed by atoms with Gasteiger partial charge in [-0.15, -0.1) is 0 Å². The second-order valence-electron chi connectivity index (χ2n) is 9.70. The quantitative estimate of drug-likeness (QED) is 0.190. The molecule has 0 saturated carbocycles. The highest BCUT2D eigenvalue weighted by Crippen LogP contribution is 2.36. The number of carbonyl (C=O) groups excluding carboxylic acids is 1. The number of methoxy groups -OCH3 is 1. The molecule has 1 amide bonds. The summed E-state index contributed by atoms with van der Waals surface area (Å²) in [6, 6.07) is 20.9. The molecule has 0 spiro atoms. The van der Waals surface area contributed by atoms with Crippen molar-refractivity contribution in [3.05, 3.63) is 125 Å². The van der Waals surface area contributed by atoms with Crippen LogP contribution in [0.25, 0.3) is 6.08 Å². The van der Waals surface area contributed by atoms with E-state index in [1.165, 1.54) is 35.2 Å². The van der Waals surface area contributed by atoms with E-state index in [0.29, 0.717) is 50.6 Å². The van der Waals surface area contributed by atoms with Crippen molar-refractivity contribution >= 4 is 40.8 Å². The maximum absolute atomic E-state index is 14.2. The second kappa shape index (κ2) is 12.8. The molecule has 4 aromatic rings. The molecular formula is C32H30N4O5S2. The van der Waals surface area contributed by atoms with Gasteiger partial charge in [-0.25, -0.2) is 4.99 Å². The van der Waals surface area contributed by atoms with Crippen LogP contribution in [-0.2, 0) is 4.79 Å². The van der Waals surface area contributed by atoms with E-state index in [-0.39, 0.29) is 17.2 Å². The van der Waals surface area contributed by atoms with E-state index in [1.54, 1.807) is 41.7 Å². The van der Waals surface area contributed by atoms with E-state index in [4.69, 9.17) is 9.73 Å². The Morgan fingerprint density at radius 1 is 1.12 bits per heavy atom. The summed E-state index contributed by atoms with van der Waals surface area (Å²) in [5.74, 6) is 0.346. The van der Waals surface area contributed by atoms with E-state index in [1.807, 2.05) is 62.4 Å². The van der Waals surface area contributed by atoms with Gasteiger partial charge in [0.2, 0.25) is 0 Å².